The summed E-state index contributed by atoms with van der Waals surface area (Å²) in [5.74, 6) is 2.26. The van der Waals surface area contributed by atoms with E-state index in [1.807, 2.05) is 13.8 Å². The third-order valence-electron chi connectivity index (χ3n) is 7.35. The van der Waals surface area contributed by atoms with Crippen LogP contribution in [0.2, 0.25) is 0 Å². The van der Waals surface area contributed by atoms with E-state index in [1.165, 1.54) is 32.1 Å². The van der Waals surface area contributed by atoms with E-state index in [0.29, 0.717) is 24.5 Å². The van der Waals surface area contributed by atoms with Crippen molar-refractivity contribution in [3.05, 3.63) is 16.8 Å². The normalized spacial score (nSPS) is 27.4. The van der Waals surface area contributed by atoms with E-state index in [4.69, 9.17) is 4.74 Å². The van der Waals surface area contributed by atoms with E-state index in [0.717, 1.165) is 55.6 Å². The molecule has 1 aromatic heterocycles. The molecule has 3 heterocycles. The lowest BCUT2D eigenvalue weighted by molar-refractivity contribution is -0.118. The van der Waals surface area contributed by atoms with Crippen molar-refractivity contribution in [3.8, 4) is 6.07 Å². The minimum Gasteiger partial charge on any atom is -0.376 e. The first-order chi connectivity index (χ1) is 14.1. The van der Waals surface area contributed by atoms with Gasteiger partial charge in [0.15, 0.2) is 0 Å². The summed E-state index contributed by atoms with van der Waals surface area (Å²) in [6.07, 6.45) is 8.87. The summed E-state index contributed by atoms with van der Waals surface area (Å²) in [6.45, 7) is 7.94. The summed E-state index contributed by atoms with van der Waals surface area (Å²) in [6, 6.07) is 2.31. The van der Waals surface area contributed by atoms with Gasteiger partial charge in [0.05, 0.1) is 24.8 Å². The molecule has 3 fully saturated rings. The van der Waals surface area contributed by atoms with Crippen LogP contribution >= 0.6 is 0 Å². The Kier molecular flexibility index (Phi) is 6.26. The molecule has 1 N–H and O–H groups in total. The molecular weight excluding hydrogens is 364 g/mol. The number of carbonyl (C=O) groups excluding carboxylic acids is 1. The standard InChI is InChI=1S/C23H34N4O2/c1-16-17(2)27(14-20-8-5-11-29-20)23(21(16)12-24)25-22(28)15-26-10-9-18-6-3-4-7-19(18)13-26/h18-20H,3-11,13-15H2,1-2H3,(H,25,28)/t18-,19-,20+/m0/s1. The van der Waals surface area contributed by atoms with Crippen LogP contribution in [0, 0.1) is 37.0 Å². The largest absolute Gasteiger partial charge is 0.376 e. The number of nitriles is 1. The van der Waals surface area contributed by atoms with Crippen LogP contribution in [0.3, 0.4) is 0 Å². The van der Waals surface area contributed by atoms with Crippen LogP contribution in [0.5, 0.6) is 0 Å². The number of fused-ring (bicyclic) bond motifs is 1. The highest BCUT2D eigenvalue weighted by Crippen LogP contribution is 2.36. The molecule has 6 heteroatoms. The molecule has 2 saturated heterocycles. The molecule has 2 aliphatic heterocycles. The third kappa shape index (κ3) is 4.36. The number of piperidine rings is 1. The van der Waals surface area contributed by atoms with Gasteiger partial charge in [0.25, 0.3) is 0 Å². The summed E-state index contributed by atoms with van der Waals surface area (Å²) < 4.78 is 7.88. The summed E-state index contributed by atoms with van der Waals surface area (Å²) in [5.41, 5.74) is 2.57. The van der Waals surface area contributed by atoms with E-state index in [9.17, 15) is 10.1 Å². The molecule has 1 aromatic rings. The number of hydrogen-bond acceptors (Lipinski definition) is 4. The molecule has 6 nitrogen and oxygen atoms in total. The van der Waals surface area contributed by atoms with Crippen LogP contribution in [-0.2, 0) is 16.1 Å². The van der Waals surface area contributed by atoms with Crippen molar-refractivity contribution in [3.63, 3.8) is 0 Å². The molecule has 0 unspecified atom stereocenters. The maximum atomic E-state index is 12.9. The van der Waals surface area contributed by atoms with Crippen molar-refractivity contribution < 1.29 is 9.53 Å². The van der Waals surface area contributed by atoms with Gasteiger partial charge in [0.1, 0.15) is 11.9 Å². The number of rotatable bonds is 5. The fourth-order valence-electron chi connectivity index (χ4n) is 5.55. The lowest BCUT2D eigenvalue weighted by Crippen LogP contribution is -2.45. The fourth-order valence-corrected chi connectivity index (χ4v) is 5.55. The van der Waals surface area contributed by atoms with Crippen LogP contribution in [0.1, 0.15) is 61.8 Å². The summed E-state index contributed by atoms with van der Waals surface area (Å²) in [7, 11) is 0. The minimum atomic E-state index is -0.0122. The third-order valence-corrected chi connectivity index (χ3v) is 7.35. The zero-order valence-corrected chi connectivity index (χ0v) is 17.9. The second kappa shape index (κ2) is 8.89. The van der Waals surface area contributed by atoms with E-state index in [2.05, 4.69) is 20.9 Å². The number of nitrogens with one attached hydrogen (secondary N) is 1. The second-order valence-corrected chi connectivity index (χ2v) is 9.17. The van der Waals surface area contributed by atoms with Gasteiger partial charge in [0.2, 0.25) is 5.91 Å². The Balaban J connectivity index is 1.44. The van der Waals surface area contributed by atoms with Gasteiger partial charge in [-0.25, -0.2) is 0 Å². The van der Waals surface area contributed by atoms with E-state index in [1.54, 1.807) is 0 Å². The topological polar surface area (TPSA) is 70.3 Å². The van der Waals surface area contributed by atoms with Gasteiger partial charge in [-0.2, -0.15) is 5.26 Å². The lowest BCUT2D eigenvalue weighted by atomic mass is 9.75. The van der Waals surface area contributed by atoms with Gasteiger partial charge < -0.3 is 14.6 Å². The maximum absolute atomic E-state index is 12.9. The Bertz CT molecular complexity index is 788. The first-order valence-electron chi connectivity index (χ1n) is 11.3. The number of carbonyl (C=O) groups is 1. The molecule has 0 bridgehead atoms. The average Bonchev–Trinajstić information content (AvgIpc) is 3.31. The molecule has 3 aliphatic rings. The van der Waals surface area contributed by atoms with Crippen LogP contribution < -0.4 is 5.32 Å². The monoisotopic (exact) mass is 398 g/mol. The molecule has 0 aromatic carbocycles. The number of amides is 1. The van der Waals surface area contributed by atoms with Gasteiger partial charge in [0, 0.05) is 18.8 Å². The summed E-state index contributed by atoms with van der Waals surface area (Å²) in [5, 5.41) is 12.8. The zero-order valence-electron chi connectivity index (χ0n) is 17.9. The minimum absolute atomic E-state index is 0.0122. The maximum Gasteiger partial charge on any atom is 0.239 e. The number of anilines is 1. The number of hydrogen-bond donors (Lipinski definition) is 1. The molecule has 1 saturated carbocycles. The van der Waals surface area contributed by atoms with Crippen molar-refractivity contribution in [2.24, 2.45) is 11.8 Å². The van der Waals surface area contributed by atoms with Gasteiger partial charge >= 0.3 is 0 Å². The molecule has 3 atom stereocenters. The molecule has 4 rings (SSSR count). The van der Waals surface area contributed by atoms with Crippen LogP contribution in [0.25, 0.3) is 0 Å². The zero-order chi connectivity index (χ0) is 20.4. The Morgan fingerprint density at radius 1 is 1.17 bits per heavy atom. The Hall–Kier alpha value is -1.84. The highest BCUT2D eigenvalue weighted by atomic mass is 16.5. The summed E-state index contributed by atoms with van der Waals surface area (Å²) in [4.78, 5) is 15.2. The van der Waals surface area contributed by atoms with Crippen molar-refractivity contribution in [1.29, 1.82) is 5.26 Å². The highest BCUT2D eigenvalue weighted by Gasteiger charge is 2.32. The highest BCUT2D eigenvalue weighted by molar-refractivity contribution is 5.93. The van der Waals surface area contributed by atoms with E-state index >= 15 is 0 Å². The van der Waals surface area contributed by atoms with Crippen LogP contribution in [-0.4, -0.2) is 47.7 Å². The van der Waals surface area contributed by atoms with Crippen molar-refractivity contribution in [2.45, 2.75) is 71.4 Å². The molecular formula is C23H34N4O2. The van der Waals surface area contributed by atoms with Crippen molar-refractivity contribution in [1.82, 2.24) is 9.47 Å². The number of ether oxygens (including phenoxy) is 1. The van der Waals surface area contributed by atoms with E-state index < -0.39 is 0 Å². The number of aromatic nitrogens is 1. The first-order valence-corrected chi connectivity index (χ1v) is 11.3. The lowest BCUT2D eigenvalue weighted by Gasteiger charge is -2.41. The molecule has 1 amide bonds. The van der Waals surface area contributed by atoms with E-state index in [-0.39, 0.29) is 12.0 Å². The predicted molar refractivity (Wildman–Crippen MR) is 113 cm³/mol. The second-order valence-electron chi connectivity index (χ2n) is 9.17. The quantitative estimate of drug-likeness (QED) is 0.823. The number of nitrogens with zero attached hydrogens (tertiary/aromatic N) is 3. The predicted octanol–water partition coefficient (Wildman–Crippen LogP) is 3.61. The smallest absolute Gasteiger partial charge is 0.239 e. The molecule has 1 aliphatic carbocycles. The number of likely N-dealkylation sites (tertiary alicyclic amines) is 1. The average molecular weight is 399 g/mol. The molecule has 29 heavy (non-hydrogen) atoms. The van der Waals surface area contributed by atoms with Gasteiger partial charge in [-0.3, -0.25) is 9.69 Å². The van der Waals surface area contributed by atoms with Crippen LogP contribution in [0.4, 0.5) is 5.82 Å². The van der Waals surface area contributed by atoms with Crippen LogP contribution in [0.15, 0.2) is 0 Å². The molecule has 0 radical (unpaired) electrons. The molecule has 158 valence electrons. The van der Waals surface area contributed by atoms with Crippen molar-refractivity contribution >= 4 is 11.7 Å². The summed E-state index contributed by atoms with van der Waals surface area (Å²) >= 11 is 0. The van der Waals surface area contributed by atoms with Gasteiger partial charge in [-0.05, 0) is 63.5 Å². The first kappa shape index (κ1) is 20.4. The fraction of sp³-hybridized carbons (Fsp3) is 0.739. The van der Waals surface area contributed by atoms with Gasteiger partial charge in [-0.1, -0.05) is 19.3 Å². The SMILES string of the molecule is Cc1c(C#N)c(NC(=O)CN2CC[C@@H]3CCCC[C@H]3C2)n(C[C@H]2CCCO2)c1C. The Morgan fingerprint density at radius 2 is 1.97 bits per heavy atom. The Morgan fingerprint density at radius 3 is 2.69 bits per heavy atom. The molecule has 0 spiro atoms. The Labute approximate surface area is 174 Å². The van der Waals surface area contributed by atoms with Gasteiger partial charge in [-0.15, -0.1) is 0 Å². The van der Waals surface area contributed by atoms with Crippen molar-refractivity contribution in [2.75, 3.05) is 31.6 Å².